The molecule has 1 heterocycles. The average Bonchev–Trinajstić information content (AvgIpc) is 3.13. The molecule has 0 saturated carbocycles. The average molecular weight is 444 g/mol. The Morgan fingerprint density at radius 1 is 1.10 bits per heavy atom. The third-order valence-electron chi connectivity index (χ3n) is 4.54. The number of carbonyl (C=O) groups excluding carboxylic acids is 1. The molecule has 0 spiro atoms. The summed E-state index contributed by atoms with van der Waals surface area (Å²) in [6.45, 7) is 2.01. The van der Waals surface area contributed by atoms with E-state index in [1.54, 1.807) is 24.3 Å². The highest BCUT2D eigenvalue weighted by atomic mass is 32.2. The predicted molar refractivity (Wildman–Crippen MR) is 121 cm³/mol. The van der Waals surface area contributed by atoms with Crippen molar-refractivity contribution in [3.63, 3.8) is 0 Å². The molecule has 8 heteroatoms. The van der Waals surface area contributed by atoms with Crippen molar-refractivity contribution < 1.29 is 13.2 Å². The van der Waals surface area contributed by atoms with Gasteiger partial charge in [-0.15, -0.1) is 11.3 Å². The Hall–Kier alpha value is -2.71. The highest BCUT2D eigenvalue weighted by Gasteiger charge is 2.12. The highest BCUT2D eigenvalue weighted by Crippen LogP contribution is 2.22. The quantitative estimate of drug-likeness (QED) is 0.522. The lowest BCUT2D eigenvalue weighted by molar-refractivity contribution is -0.121. The van der Waals surface area contributed by atoms with E-state index in [-0.39, 0.29) is 23.3 Å². The molecular weight excluding hydrogens is 418 g/mol. The van der Waals surface area contributed by atoms with Gasteiger partial charge >= 0.3 is 0 Å². The van der Waals surface area contributed by atoms with Gasteiger partial charge in [0.05, 0.1) is 17.0 Å². The van der Waals surface area contributed by atoms with E-state index in [0.717, 1.165) is 18.5 Å². The molecule has 1 aromatic heterocycles. The number of sulfone groups is 1. The lowest BCUT2D eigenvalue weighted by Gasteiger charge is -2.13. The molecule has 2 N–H and O–H groups in total. The van der Waals surface area contributed by atoms with E-state index < -0.39 is 9.84 Å². The molecule has 1 amide bonds. The van der Waals surface area contributed by atoms with E-state index in [1.165, 1.54) is 23.2 Å². The van der Waals surface area contributed by atoms with Gasteiger partial charge in [-0.05, 0) is 49.6 Å². The Bertz CT molecular complexity index is 1080. The maximum absolute atomic E-state index is 12.3. The van der Waals surface area contributed by atoms with Crippen molar-refractivity contribution in [2.24, 2.45) is 0 Å². The highest BCUT2D eigenvalue weighted by molar-refractivity contribution is 7.90. The van der Waals surface area contributed by atoms with E-state index in [1.807, 2.05) is 30.5 Å². The lowest BCUT2D eigenvalue weighted by Crippen LogP contribution is -2.34. The zero-order valence-corrected chi connectivity index (χ0v) is 18.6. The number of nitrogens with zero attached hydrogens (tertiary/aromatic N) is 1. The Labute approximate surface area is 181 Å². The number of hydrogen-bond donors (Lipinski definition) is 2. The lowest BCUT2D eigenvalue weighted by atomic mass is 10.1. The standard InChI is InChI=1S/C22H25N3O3S2/c1-16(8-9-17-6-4-3-5-7-17)23-21(26)14-19-15-29-22(25-19)24-18-10-12-20(13-11-18)30(2,27)28/h3-7,10-13,15-16H,8-9,14H2,1-2H3,(H,23,26)(H,24,25)/t16-/m1/s1. The SMILES string of the molecule is C[C@H](CCc1ccccc1)NC(=O)Cc1csc(Nc2ccc(S(C)(=O)=O)cc2)n1. The fourth-order valence-electron chi connectivity index (χ4n) is 2.94. The third-order valence-corrected chi connectivity index (χ3v) is 6.48. The minimum atomic E-state index is -3.22. The second-order valence-corrected chi connectivity index (χ2v) is 10.1. The summed E-state index contributed by atoms with van der Waals surface area (Å²) in [4.78, 5) is 17.0. The van der Waals surface area contributed by atoms with Crippen LogP contribution in [-0.2, 0) is 27.5 Å². The van der Waals surface area contributed by atoms with Gasteiger partial charge in [-0.3, -0.25) is 4.79 Å². The zero-order chi connectivity index (χ0) is 21.6. The maximum atomic E-state index is 12.3. The van der Waals surface area contributed by atoms with Crippen LogP contribution in [0.4, 0.5) is 10.8 Å². The molecule has 0 fully saturated rings. The fourth-order valence-corrected chi connectivity index (χ4v) is 4.31. The zero-order valence-electron chi connectivity index (χ0n) is 17.0. The summed E-state index contributed by atoms with van der Waals surface area (Å²) in [6.07, 6.45) is 3.20. The summed E-state index contributed by atoms with van der Waals surface area (Å²) in [5.74, 6) is -0.0510. The fraction of sp³-hybridized carbons (Fsp3) is 0.273. The number of hydrogen-bond acceptors (Lipinski definition) is 6. The summed E-state index contributed by atoms with van der Waals surface area (Å²) in [5.41, 5.74) is 2.70. The molecule has 0 bridgehead atoms. The number of thiazole rings is 1. The third kappa shape index (κ3) is 6.67. The van der Waals surface area contributed by atoms with Gasteiger partial charge in [-0.25, -0.2) is 13.4 Å². The molecule has 0 aliphatic carbocycles. The number of carbonyl (C=O) groups is 1. The summed E-state index contributed by atoms with van der Waals surface area (Å²) in [6, 6.07) is 16.8. The molecule has 0 aliphatic rings. The molecule has 0 radical (unpaired) electrons. The minimum Gasteiger partial charge on any atom is -0.353 e. The van der Waals surface area contributed by atoms with Gasteiger partial charge in [0.2, 0.25) is 5.91 Å². The number of rotatable bonds is 9. The van der Waals surface area contributed by atoms with E-state index in [2.05, 4.69) is 27.8 Å². The summed E-state index contributed by atoms with van der Waals surface area (Å²) < 4.78 is 23.1. The van der Waals surface area contributed by atoms with Crippen LogP contribution in [0, 0.1) is 0 Å². The van der Waals surface area contributed by atoms with E-state index in [9.17, 15) is 13.2 Å². The molecule has 2 aromatic carbocycles. The van der Waals surface area contributed by atoms with E-state index >= 15 is 0 Å². The van der Waals surface area contributed by atoms with Crippen molar-refractivity contribution in [2.75, 3.05) is 11.6 Å². The molecule has 158 valence electrons. The first-order valence-electron chi connectivity index (χ1n) is 9.64. The van der Waals surface area contributed by atoms with Crippen LogP contribution in [0.5, 0.6) is 0 Å². The van der Waals surface area contributed by atoms with Crippen molar-refractivity contribution in [1.82, 2.24) is 10.3 Å². The van der Waals surface area contributed by atoms with Gasteiger partial charge in [-0.1, -0.05) is 30.3 Å². The largest absolute Gasteiger partial charge is 0.353 e. The first-order chi connectivity index (χ1) is 14.3. The van der Waals surface area contributed by atoms with Gasteiger partial charge in [0.15, 0.2) is 15.0 Å². The van der Waals surface area contributed by atoms with Crippen LogP contribution in [0.15, 0.2) is 64.9 Å². The molecule has 0 saturated heterocycles. The van der Waals surface area contributed by atoms with Gasteiger partial charge in [0.25, 0.3) is 0 Å². The van der Waals surface area contributed by atoms with Crippen LogP contribution in [0.3, 0.4) is 0 Å². The second-order valence-electron chi connectivity index (χ2n) is 7.24. The topological polar surface area (TPSA) is 88.2 Å². The normalized spacial score (nSPS) is 12.3. The molecule has 3 rings (SSSR count). The molecule has 0 unspecified atom stereocenters. The monoisotopic (exact) mass is 443 g/mol. The van der Waals surface area contributed by atoms with Crippen molar-refractivity contribution in [3.8, 4) is 0 Å². The van der Waals surface area contributed by atoms with Gasteiger partial charge in [-0.2, -0.15) is 0 Å². The van der Waals surface area contributed by atoms with Crippen LogP contribution in [0.25, 0.3) is 0 Å². The van der Waals surface area contributed by atoms with Crippen LogP contribution >= 0.6 is 11.3 Å². The van der Waals surface area contributed by atoms with Crippen molar-refractivity contribution in [2.45, 2.75) is 37.1 Å². The number of nitrogens with one attached hydrogen (secondary N) is 2. The summed E-state index contributed by atoms with van der Waals surface area (Å²) >= 11 is 1.40. The first kappa shape index (κ1) is 22.0. The van der Waals surface area contributed by atoms with Crippen LogP contribution in [0.1, 0.15) is 24.6 Å². The molecule has 6 nitrogen and oxygen atoms in total. The Morgan fingerprint density at radius 3 is 2.47 bits per heavy atom. The maximum Gasteiger partial charge on any atom is 0.226 e. The second kappa shape index (κ2) is 9.86. The number of aromatic nitrogens is 1. The number of amides is 1. The predicted octanol–water partition coefficient (Wildman–Crippen LogP) is 3.97. The van der Waals surface area contributed by atoms with Gasteiger partial charge in [0, 0.05) is 23.4 Å². The van der Waals surface area contributed by atoms with Gasteiger partial charge < -0.3 is 10.6 Å². The number of anilines is 2. The Balaban J connectivity index is 1.48. The number of benzene rings is 2. The van der Waals surface area contributed by atoms with Gasteiger partial charge in [0.1, 0.15) is 0 Å². The minimum absolute atomic E-state index is 0.0510. The molecule has 30 heavy (non-hydrogen) atoms. The van der Waals surface area contributed by atoms with E-state index in [4.69, 9.17) is 0 Å². The molecule has 3 aromatic rings. The molecule has 0 aliphatic heterocycles. The summed E-state index contributed by atoms with van der Waals surface area (Å²) in [5, 5.41) is 8.67. The van der Waals surface area contributed by atoms with Crippen molar-refractivity contribution in [1.29, 1.82) is 0 Å². The molecular formula is C22H25N3O3S2. The van der Waals surface area contributed by atoms with Crippen LogP contribution in [0.2, 0.25) is 0 Å². The van der Waals surface area contributed by atoms with Crippen LogP contribution in [-0.4, -0.2) is 31.6 Å². The molecule has 1 atom stereocenters. The smallest absolute Gasteiger partial charge is 0.226 e. The first-order valence-corrected chi connectivity index (χ1v) is 12.4. The Morgan fingerprint density at radius 2 is 1.80 bits per heavy atom. The van der Waals surface area contributed by atoms with Crippen molar-refractivity contribution >= 4 is 37.9 Å². The van der Waals surface area contributed by atoms with E-state index in [0.29, 0.717) is 10.8 Å². The summed E-state index contributed by atoms with van der Waals surface area (Å²) in [7, 11) is -3.22. The number of aryl methyl sites for hydroxylation is 1. The van der Waals surface area contributed by atoms with Crippen molar-refractivity contribution in [3.05, 3.63) is 71.2 Å². The van der Waals surface area contributed by atoms with Crippen LogP contribution < -0.4 is 10.6 Å². The Kier molecular flexibility index (Phi) is 7.23.